The van der Waals surface area contributed by atoms with Crippen LogP contribution in [-0.4, -0.2) is 31.2 Å². The summed E-state index contributed by atoms with van der Waals surface area (Å²) in [5.74, 6) is 0.802. The average molecular weight is 287 g/mol. The van der Waals surface area contributed by atoms with Gasteiger partial charge in [0.25, 0.3) is 5.91 Å². The van der Waals surface area contributed by atoms with Gasteiger partial charge < -0.3 is 20.5 Å². The lowest BCUT2D eigenvalue weighted by molar-refractivity contribution is 0.102. The molecule has 0 fully saturated rings. The van der Waals surface area contributed by atoms with Gasteiger partial charge in [0.2, 0.25) is 0 Å². The largest absolute Gasteiger partial charge is 0.494 e. The van der Waals surface area contributed by atoms with Crippen molar-refractivity contribution in [3.05, 3.63) is 48.3 Å². The van der Waals surface area contributed by atoms with E-state index in [4.69, 9.17) is 15.2 Å². The molecule has 110 valence electrons. The van der Waals surface area contributed by atoms with Crippen LogP contribution in [0.15, 0.2) is 42.7 Å². The molecule has 3 N–H and O–H groups in total. The molecule has 0 aliphatic rings. The highest BCUT2D eigenvalue weighted by molar-refractivity contribution is 6.06. The number of anilines is 1. The van der Waals surface area contributed by atoms with Crippen molar-refractivity contribution in [2.45, 2.75) is 0 Å². The predicted octanol–water partition coefficient (Wildman–Crippen LogP) is 1.68. The third-order valence-corrected chi connectivity index (χ3v) is 2.73. The number of nitrogens with two attached hydrogens (primary N) is 1. The molecule has 6 nitrogen and oxygen atoms in total. The Labute approximate surface area is 122 Å². The molecule has 0 unspecified atom stereocenters. The number of carbonyl (C=O) groups excluding carboxylic acids is 1. The van der Waals surface area contributed by atoms with Gasteiger partial charge in [-0.2, -0.15) is 0 Å². The van der Waals surface area contributed by atoms with Crippen molar-refractivity contribution in [1.82, 2.24) is 4.98 Å². The van der Waals surface area contributed by atoms with Gasteiger partial charge in [-0.05, 0) is 18.2 Å². The molecule has 0 bridgehead atoms. The van der Waals surface area contributed by atoms with Crippen molar-refractivity contribution < 1.29 is 14.3 Å². The Morgan fingerprint density at radius 3 is 3.00 bits per heavy atom. The zero-order valence-electron chi connectivity index (χ0n) is 11.7. The van der Waals surface area contributed by atoms with Gasteiger partial charge in [-0.1, -0.05) is 6.07 Å². The maximum absolute atomic E-state index is 12.2. The van der Waals surface area contributed by atoms with E-state index in [-0.39, 0.29) is 5.91 Å². The van der Waals surface area contributed by atoms with Gasteiger partial charge in [0.15, 0.2) is 0 Å². The van der Waals surface area contributed by atoms with Crippen molar-refractivity contribution >= 4 is 11.6 Å². The summed E-state index contributed by atoms with van der Waals surface area (Å²) in [5, 5.41) is 2.79. The third kappa shape index (κ3) is 3.93. The van der Waals surface area contributed by atoms with E-state index in [1.807, 2.05) is 0 Å². The second-order valence-corrected chi connectivity index (χ2v) is 4.20. The van der Waals surface area contributed by atoms with Crippen LogP contribution < -0.4 is 20.5 Å². The number of nitrogens with zero attached hydrogens (tertiary/aromatic N) is 1. The number of pyridine rings is 1. The third-order valence-electron chi connectivity index (χ3n) is 2.73. The van der Waals surface area contributed by atoms with E-state index in [0.717, 1.165) is 0 Å². The van der Waals surface area contributed by atoms with Crippen LogP contribution in [0.25, 0.3) is 0 Å². The molecule has 0 aliphatic heterocycles. The minimum atomic E-state index is -0.273. The molecule has 1 amide bonds. The fourth-order valence-electron chi connectivity index (χ4n) is 1.77. The first-order valence-corrected chi connectivity index (χ1v) is 6.47. The van der Waals surface area contributed by atoms with Gasteiger partial charge >= 0.3 is 0 Å². The standard InChI is InChI=1S/C15H17N3O3/c1-20-14-10-17-7-5-13(14)15(19)18-11-3-2-4-12(9-11)21-8-6-16/h2-5,7,9-10H,6,8,16H2,1H3,(H,18,19). The van der Waals surface area contributed by atoms with E-state index < -0.39 is 0 Å². The number of rotatable bonds is 6. The number of aromatic nitrogens is 1. The van der Waals surface area contributed by atoms with Crippen LogP contribution in [0, 0.1) is 0 Å². The molecule has 0 radical (unpaired) electrons. The normalized spacial score (nSPS) is 10.0. The second kappa shape index (κ2) is 7.25. The Bertz CT molecular complexity index is 617. The van der Waals surface area contributed by atoms with Crippen molar-refractivity contribution in [1.29, 1.82) is 0 Å². The minimum absolute atomic E-state index is 0.273. The molecule has 1 heterocycles. The molecular weight excluding hydrogens is 270 g/mol. The maximum atomic E-state index is 12.2. The fraction of sp³-hybridized carbons (Fsp3) is 0.200. The molecule has 2 aromatic rings. The summed E-state index contributed by atoms with van der Waals surface area (Å²) in [5.41, 5.74) is 6.44. The van der Waals surface area contributed by atoms with Crippen molar-refractivity contribution in [2.24, 2.45) is 5.73 Å². The van der Waals surface area contributed by atoms with E-state index >= 15 is 0 Å². The lowest BCUT2D eigenvalue weighted by atomic mass is 10.2. The van der Waals surface area contributed by atoms with Crippen LogP contribution >= 0.6 is 0 Å². The van der Waals surface area contributed by atoms with E-state index in [1.165, 1.54) is 19.5 Å². The van der Waals surface area contributed by atoms with Crippen LogP contribution in [0.2, 0.25) is 0 Å². The number of ether oxygens (including phenoxy) is 2. The molecular formula is C15H17N3O3. The van der Waals surface area contributed by atoms with Crippen molar-refractivity contribution in [3.63, 3.8) is 0 Å². The summed E-state index contributed by atoms with van der Waals surface area (Å²) in [6.07, 6.45) is 3.04. The molecule has 0 saturated heterocycles. The lowest BCUT2D eigenvalue weighted by Crippen LogP contribution is -2.14. The van der Waals surface area contributed by atoms with Gasteiger partial charge in [0, 0.05) is 24.5 Å². The topological polar surface area (TPSA) is 86.5 Å². The van der Waals surface area contributed by atoms with Crippen LogP contribution in [-0.2, 0) is 0 Å². The van der Waals surface area contributed by atoms with E-state index in [9.17, 15) is 4.79 Å². The summed E-state index contributed by atoms with van der Waals surface area (Å²) >= 11 is 0. The number of nitrogens with one attached hydrogen (secondary N) is 1. The van der Waals surface area contributed by atoms with Crippen LogP contribution in [0.5, 0.6) is 11.5 Å². The number of hydrogen-bond donors (Lipinski definition) is 2. The first-order valence-electron chi connectivity index (χ1n) is 6.47. The van der Waals surface area contributed by atoms with Crippen LogP contribution in [0.1, 0.15) is 10.4 Å². The molecule has 1 aromatic carbocycles. The second-order valence-electron chi connectivity index (χ2n) is 4.20. The van der Waals surface area contributed by atoms with Gasteiger partial charge in [0.1, 0.15) is 18.1 Å². The van der Waals surface area contributed by atoms with Crippen molar-refractivity contribution in [3.8, 4) is 11.5 Å². The van der Waals surface area contributed by atoms with Gasteiger partial charge in [-0.25, -0.2) is 0 Å². The maximum Gasteiger partial charge on any atom is 0.259 e. The number of carbonyl (C=O) groups is 1. The Morgan fingerprint density at radius 1 is 1.38 bits per heavy atom. The Morgan fingerprint density at radius 2 is 2.24 bits per heavy atom. The number of methoxy groups -OCH3 is 1. The highest BCUT2D eigenvalue weighted by Gasteiger charge is 2.12. The van der Waals surface area contributed by atoms with Crippen LogP contribution in [0.3, 0.4) is 0 Å². The number of hydrogen-bond acceptors (Lipinski definition) is 5. The quantitative estimate of drug-likeness (QED) is 0.844. The number of benzene rings is 1. The average Bonchev–Trinajstić information content (AvgIpc) is 2.53. The molecule has 0 saturated carbocycles. The van der Waals surface area contributed by atoms with Gasteiger partial charge in [0.05, 0.1) is 18.9 Å². The summed E-state index contributed by atoms with van der Waals surface area (Å²) in [6, 6.07) is 8.72. The molecule has 6 heteroatoms. The Balaban J connectivity index is 2.12. The smallest absolute Gasteiger partial charge is 0.259 e. The molecule has 1 aromatic heterocycles. The van der Waals surface area contributed by atoms with Crippen molar-refractivity contribution in [2.75, 3.05) is 25.6 Å². The van der Waals surface area contributed by atoms with Gasteiger partial charge in [-0.3, -0.25) is 9.78 Å². The zero-order valence-corrected chi connectivity index (χ0v) is 11.7. The molecule has 0 atom stereocenters. The first kappa shape index (κ1) is 14.8. The minimum Gasteiger partial charge on any atom is -0.494 e. The molecule has 21 heavy (non-hydrogen) atoms. The van der Waals surface area contributed by atoms with E-state index in [1.54, 1.807) is 30.3 Å². The van der Waals surface area contributed by atoms with E-state index in [0.29, 0.717) is 35.9 Å². The van der Waals surface area contributed by atoms with Gasteiger partial charge in [-0.15, -0.1) is 0 Å². The van der Waals surface area contributed by atoms with E-state index in [2.05, 4.69) is 10.3 Å². The fourth-order valence-corrected chi connectivity index (χ4v) is 1.77. The summed E-state index contributed by atoms with van der Waals surface area (Å²) < 4.78 is 10.5. The highest BCUT2D eigenvalue weighted by Crippen LogP contribution is 2.20. The predicted molar refractivity (Wildman–Crippen MR) is 79.7 cm³/mol. The Hall–Kier alpha value is -2.60. The molecule has 0 spiro atoms. The highest BCUT2D eigenvalue weighted by atomic mass is 16.5. The van der Waals surface area contributed by atoms with Crippen LogP contribution in [0.4, 0.5) is 5.69 Å². The summed E-state index contributed by atoms with van der Waals surface area (Å²) in [6.45, 7) is 0.861. The molecule has 2 rings (SSSR count). The monoisotopic (exact) mass is 287 g/mol. The summed E-state index contributed by atoms with van der Waals surface area (Å²) in [4.78, 5) is 16.2. The SMILES string of the molecule is COc1cnccc1C(=O)Nc1cccc(OCCN)c1. The summed E-state index contributed by atoms with van der Waals surface area (Å²) in [7, 11) is 1.50. The molecule has 0 aliphatic carbocycles. The zero-order chi connectivity index (χ0) is 15.1. The number of amides is 1. The first-order chi connectivity index (χ1) is 10.2. The Kier molecular flexibility index (Phi) is 5.11. The lowest BCUT2D eigenvalue weighted by Gasteiger charge is -2.10.